The zero-order valence-corrected chi connectivity index (χ0v) is 14.7. The van der Waals surface area contributed by atoms with Crippen molar-refractivity contribution in [3.63, 3.8) is 0 Å². The maximum absolute atomic E-state index is 14.1. The van der Waals surface area contributed by atoms with Crippen LogP contribution in [0, 0.1) is 5.82 Å². The molecular weight excluding hydrogens is 365 g/mol. The number of nitrogens with two attached hydrogens (primary N) is 2. The Kier molecular flexibility index (Phi) is 4.32. The maximum Gasteiger partial charge on any atom is 0.240 e. The van der Waals surface area contributed by atoms with Crippen LogP contribution in [0.15, 0.2) is 30.3 Å². The van der Waals surface area contributed by atoms with Gasteiger partial charge in [-0.2, -0.15) is 9.50 Å². The smallest absolute Gasteiger partial charge is 0.240 e. The van der Waals surface area contributed by atoms with E-state index in [9.17, 15) is 14.6 Å². The number of benzene rings is 2. The van der Waals surface area contributed by atoms with Crippen LogP contribution >= 0.6 is 0 Å². The van der Waals surface area contributed by atoms with Gasteiger partial charge in [-0.15, -0.1) is 5.10 Å². The molecular formula is C18H18FN7O2. The van der Waals surface area contributed by atoms with Gasteiger partial charge in [-0.25, -0.2) is 9.37 Å². The van der Waals surface area contributed by atoms with Crippen molar-refractivity contribution in [1.29, 1.82) is 0 Å². The third-order valence-electron chi connectivity index (χ3n) is 4.29. The molecule has 4 rings (SSSR count). The van der Waals surface area contributed by atoms with Gasteiger partial charge < -0.3 is 27.0 Å². The van der Waals surface area contributed by atoms with Gasteiger partial charge in [0.2, 0.25) is 5.95 Å². The molecule has 144 valence electrons. The van der Waals surface area contributed by atoms with Gasteiger partial charge in [-0.05, 0) is 23.8 Å². The van der Waals surface area contributed by atoms with Crippen LogP contribution in [0.3, 0.4) is 0 Å². The Balaban J connectivity index is 1.92. The van der Waals surface area contributed by atoms with E-state index in [2.05, 4.69) is 20.4 Å². The molecule has 0 amide bonds. The first-order chi connectivity index (χ1) is 13.5. The number of nitrogen functional groups attached to an aromatic ring is 1. The van der Waals surface area contributed by atoms with Crippen molar-refractivity contribution in [1.82, 2.24) is 19.6 Å². The van der Waals surface area contributed by atoms with Crippen molar-refractivity contribution in [2.75, 3.05) is 24.1 Å². The van der Waals surface area contributed by atoms with Crippen LogP contribution in [-0.4, -0.2) is 42.9 Å². The molecule has 7 N–H and O–H groups in total. The van der Waals surface area contributed by atoms with Gasteiger partial charge in [-0.1, -0.05) is 6.07 Å². The lowest BCUT2D eigenvalue weighted by Gasteiger charge is -2.12. The van der Waals surface area contributed by atoms with Crippen molar-refractivity contribution in [2.24, 2.45) is 5.73 Å². The molecule has 0 aliphatic rings. The normalized spacial score (nSPS) is 11.4. The minimum absolute atomic E-state index is 0.0539. The van der Waals surface area contributed by atoms with E-state index in [0.717, 1.165) is 0 Å². The Morgan fingerprint density at radius 1 is 1.11 bits per heavy atom. The molecule has 0 unspecified atom stereocenters. The van der Waals surface area contributed by atoms with E-state index in [1.54, 1.807) is 6.07 Å². The highest BCUT2D eigenvalue weighted by molar-refractivity contribution is 6.01. The summed E-state index contributed by atoms with van der Waals surface area (Å²) >= 11 is 0. The lowest BCUT2D eigenvalue weighted by Crippen LogP contribution is -2.14. The number of nitrogens with one attached hydrogen (secondary N) is 1. The van der Waals surface area contributed by atoms with E-state index in [4.69, 9.17) is 11.5 Å². The van der Waals surface area contributed by atoms with Crippen LogP contribution in [0.1, 0.15) is 11.4 Å². The molecule has 28 heavy (non-hydrogen) atoms. The van der Waals surface area contributed by atoms with E-state index in [1.807, 2.05) is 0 Å². The van der Waals surface area contributed by atoms with Gasteiger partial charge in [0, 0.05) is 25.6 Å². The Labute approximate surface area is 158 Å². The third-order valence-corrected chi connectivity index (χ3v) is 4.29. The number of hydrogen-bond donors (Lipinski definition) is 5. The summed E-state index contributed by atoms with van der Waals surface area (Å²) in [5.41, 5.74) is 13.3. The molecule has 9 nitrogen and oxygen atoms in total. The van der Waals surface area contributed by atoms with Gasteiger partial charge in [0.1, 0.15) is 11.6 Å². The van der Waals surface area contributed by atoms with Crippen LogP contribution in [0.25, 0.3) is 16.6 Å². The Hall–Kier alpha value is -3.66. The molecule has 10 heteroatoms. The maximum atomic E-state index is 14.1. The molecule has 0 aliphatic heterocycles. The molecule has 0 bridgehead atoms. The van der Waals surface area contributed by atoms with Gasteiger partial charge in [0.15, 0.2) is 17.1 Å². The summed E-state index contributed by atoms with van der Waals surface area (Å²) in [6.07, 6.45) is 0.255. The Morgan fingerprint density at radius 3 is 2.68 bits per heavy atom. The number of halogens is 1. The number of nitrogens with zero attached hydrogens (tertiary/aromatic N) is 4. The first-order valence-electron chi connectivity index (χ1n) is 8.55. The van der Waals surface area contributed by atoms with Crippen molar-refractivity contribution >= 4 is 28.2 Å². The van der Waals surface area contributed by atoms with Crippen LogP contribution < -0.4 is 16.8 Å². The number of anilines is 2. The Bertz CT molecular complexity index is 1190. The zero-order chi connectivity index (χ0) is 19.8. The summed E-state index contributed by atoms with van der Waals surface area (Å²) in [6.45, 7) is 0.821. The fourth-order valence-electron chi connectivity index (χ4n) is 3.09. The van der Waals surface area contributed by atoms with E-state index < -0.39 is 5.82 Å². The Morgan fingerprint density at radius 2 is 1.93 bits per heavy atom. The summed E-state index contributed by atoms with van der Waals surface area (Å²) in [6, 6.07) is 7.11. The van der Waals surface area contributed by atoms with Crippen LogP contribution in [0.2, 0.25) is 0 Å². The SMILES string of the molecule is NCCNc1cc(F)cc2nc(Cc3ccc(O)c(O)c3)n3nc(N)nc3c12. The van der Waals surface area contributed by atoms with E-state index in [0.29, 0.717) is 46.7 Å². The second-order valence-corrected chi connectivity index (χ2v) is 6.30. The van der Waals surface area contributed by atoms with E-state index in [-0.39, 0.29) is 23.9 Å². The highest BCUT2D eigenvalue weighted by Gasteiger charge is 2.17. The predicted molar refractivity (Wildman–Crippen MR) is 103 cm³/mol. The highest BCUT2D eigenvalue weighted by atomic mass is 19.1. The van der Waals surface area contributed by atoms with Gasteiger partial charge in [0.25, 0.3) is 0 Å². The number of aromatic nitrogens is 4. The fraction of sp³-hybridized carbons (Fsp3) is 0.167. The van der Waals surface area contributed by atoms with Crippen molar-refractivity contribution in [3.8, 4) is 11.5 Å². The van der Waals surface area contributed by atoms with E-state index >= 15 is 0 Å². The summed E-state index contributed by atoms with van der Waals surface area (Å²) in [5.74, 6) is -0.412. The molecule has 2 aromatic heterocycles. The number of phenolic OH excluding ortho intramolecular Hbond substituents is 2. The summed E-state index contributed by atoms with van der Waals surface area (Å²) < 4.78 is 15.6. The van der Waals surface area contributed by atoms with Crippen LogP contribution in [0.4, 0.5) is 16.0 Å². The minimum atomic E-state index is -0.454. The topological polar surface area (TPSA) is 148 Å². The number of fused-ring (bicyclic) bond motifs is 3. The average Bonchev–Trinajstić information content (AvgIpc) is 3.04. The molecule has 0 radical (unpaired) electrons. The average molecular weight is 383 g/mol. The number of hydrogen-bond acceptors (Lipinski definition) is 8. The lowest BCUT2D eigenvalue weighted by atomic mass is 10.1. The van der Waals surface area contributed by atoms with Crippen LogP contribution in [0.5, 0.6) is 11.5 Å². The summed E-state index contributed by atoms with van der Waals surface area (Å²) in [5, 5.41) is 27.1. The number of aromatic hydroxyl groups is 2. The molecule has 0 atom stereocenters. The second kappa shape index (κ2) is 6.82. The summed E-state index contributed by atoms with van der Waals surface area (Å²) in [7, 11) is 0. The van der Waals surface area contributed by atoms with Crippen molar-refractivity contribution in [2.45, 2.75) is 6.42 Å². The molecule has 0 spiro atoms. The first kappa shape index (κ1) is 17.7. The quantitative estimate of drug-likeness (QED) is 0.325. The first-order valence-corrected chi connectivity index (χ1v) is 8.55. The largest absolute Gasteiger partial charge is 0.504 e. The van der Waals surface area contributed by atoms with Gasteiger partial charge in [-0.3, -0.25) is 0 Å². The second-order valence-electron chi connectivity index (χ2n) is 6.30. The number of phenols is 2. The van der Waals surface area contributed by atoms with Crippen LogP contribution in [-0.2, 0) is 6.42 Å². The third kappa shape index (κ3) is 3.09. The standard InChI is InChI=1S/C18H18FN7O2/c19-10-7-11(22-4-3-20)16-12(8-10)23-15(26-17(16)24-18(21)25-26)6-9-1-2-13(27)14(28)5-9/h1-2,5,7-8,22,27-28H,3-4,6,20H2,(H2,21,25). The van der Waals surface area contributed by atoms with Gasteiger partial charge in [0.05, 0.1) is 16.6 Å². The predicted octanol–water partition coefficient (Wildman–Crippen LogP) is 1.37. The molecule has 4 aromatic rings. The molecule has 0 aliphatic carbocycles. The van der Waals surface area contributed by atoms with Crippen molar-refractivity contribution < 1.29 is 14.6 Å². The number of rotatable bonds is 5. The minimum Gasteiger partial charge on any atom is -0.504 e. The van der Waals surface area contributed by atoms with Gasteiger partial charge >= 0.3 is 0 Å². The zero-order valence-electron chi connectivity index (χ0n) is 14.7. The molecule has 0 saturated heterocycles. The van der Waals surface area contributed by atoms with E-state index in [1.165, 1.54) is 28.8 Å². The lowest BCUT2D eigenvalue weighted by molar-refractivity contribution is 0.403. The highest BCUT2D eigenvalue weighted by Crippen LogP contribution is 2.30. The fourth-order valence-corrected chi connectivity index (χ4v) is 3.09. The molecule has 0 saturated carbocycles. The summed E-state index contributed by atoms with van der Waals surface area (Å²) in [4.78, 5) is 8.82. The van der Waals surface area contributed by atoms with Crippen molar-refractivity contribution in [3.05, 3.63) is 47.5 Å². The molecule has 2 aromatic carbocycles. The monoisotopic (exact) mass is 383 g/mol. The molecule has 2 heterocycles. The molecule has 0 fully saturated rings.